The van der Waals surface area contributed by atoms with Crippen molar-refractivity contribution in [1.82, 2.24) is 20.1 Å². The lowest BCUT2D eigenvalue weighted by atomic mass is 9.79. The standard InChI is InChI=1S/C18H21N5O2S/c1-11(24)19-13-7-12(8-13)18-21-20-16(22(18)2)9-23-14-5-3-4-6-15(14)26-10-17(23)25/h3-6,12-13H,7-10H2,1-2H3,(H,19,24). The Hall–Kier alpha value is -2.35. The molecule has 8 heteroatoms. The molecule has 0 radical (unpaired) electrons. The van der Waals surface area contributed by atoms with E-state index in [1.165, 1.54) is 0 Å². The number of fused-ring (bicyclic) bond motifs is 1. The van der Waals surface area contributed by atoms with E-state index in [1.54, 1.807) is 23.6 Å². The predicted octanol–water partition coefficient (Wildman–Crippen LogP) is 1.84. The molecule has 26 heavy (non-hydrogen) atoms. The van der Waals surface area contributed by atoms with Crippen LogP contribution in [0.25, 0.3) is 0 Å². The number of hydrogen-bond acceptors (Lipinski definition) is 5. The molecule has 1 aliphatic heterocycles. The number of benzene rings is 1. The first kappa shape index (κ1) is 17.1. The number of nitrogens with one attached hydrogen (secondary N) is 1. The predicted molar refractivity (Wildman–Crippen MR) is 98.9 cm³/mol. The maximum atomic E-state index is 12.4. The monoisotopic (exact) mass is 371 g/mol. The van der Waals surface area contributed by atoms with Crippen molar-refractivity contribution in [3.05, 3.63) is 35.9 Å². The van der Waals surface area contributed by atoms with E-state index in [4.69, 9.17) is 0 Å². The molecule has 2 aromatic rings. The van der Waals surface area contributed by atoms with Crippen molar-refractivity contribution in [3.63, 3.8) is 0 Å². The first-order chi connectivity index (χ1) is 12.5. The number of hydrogen-bond donors (Lipinski definition) is 1. The molecule has 2 heterocycles. The molecule has 1 aliphatic carbocycles. The lowest BCUT2D eigenvalue weighted by Crippen LogP contribution is -2.43. The van der Waals surface area contributed by atoms with Crippen LogP contribution in [0.15, 0.2) is 29.2 Å². The zero-order valence-corrected chi connectivity index (χ0v) is 15.6. The normalized spacial score (nSPS) is 21.9. The van der Waals surface area contributed by atoms with E-state index in [2.05, 4.69) is 15.5 Å². The van der Waals surface area contributed by atoms with Crippen molar-refractivity contribution in [2.45, 2.75) is 43.2 Å². The second-order valence-corrected chi connectivity index (χ2v) is 7.85. The van der Waals surface area contributed by atoms with Crippen molar-refractivity contribution in [2.75, 3.05) is 10.7 Å². The molecule has 0 atom stereocenters. The van der Waals surface area contributed by atoms with Crippen LogP contribution in [-0.2, 0) is 23.2 Å². The molecule has 4 rings (SSSR count). The van der Waals surface area contributed by atoms with Crippen molar-refractivity contribution in [3.8, 4) is 0 Å². The fourth-order valence-corrected chi connectivity index (χ4v) is 4.51. The Morgan fingerprint density at radius 3 is 2.85 bits per heavy atom. The number of anilines is 1. The SMILES string of the molecule is CC(=O)NC1CC(c2nnc(CN3C(=O)CSc4ccccc43)n2C)C1. The van der Waals surface area contributed by atoms with Gasteiger partial charge in [-0.3, -0.25) is 9.59 Å². The van der Waals surface area contributed by atoms with Crippen LogP contribution in [0.1, 0.15) is 37.3 Å². The zero-order chi connectivity index (χ0) is 18.3. The Morgan fingerprint density at radius 2 is 2.08 bits per heavy atom. The number of thioether (sulfide) groups is 1. The molecular weight excluding hydrogens is 350 g/mol. The third-order valence-electron chi connectivity index (χ3n) is 5.02. The summed E-state index contributed by atoms with van der Waals surface area (Å²) in [5.41, 5.74) is 0.938. The highest BCUT2D eigenvalue weighted by Gasteiger charge is 2.35. The van der Waals surface area contributed by atoms with E-state index >= 15 is 0 Å². The fourth-order valence-electron chi connectivity index (χ4n) is 3.57. The topological polar surface area (TPSA) is 80.1 Å². The number of rotatable bonds is 4. The highest BCUT2D eigenvalue weighted by Crippen LogP contribution is 2.37. The van der Waals surface area contributed by atoms with Crippen molar-refractivity contribution >= 4 is 29.3 Å². The molecule has 1 N–H and O–H groups in total. The van der Waals surface area contributed by atoms with E-state index in [1.807, 2.05) is 35.9 Å². The van der Waals surface area contributed by atoms with Crippen molar-refractivity contribution in [2.24, 2.45) is 7.05 Å². The summed E-state index contributed by atoms with van der Waals surface area (Å²) >= 11 is 1.57. The third kappa shape index (κ3) is 3.09. The Labute approximate surface area is 156 Å². The summed E-state index contributed by atoms with van der Waals surface area (Å²) < 4.78 is 1.99. The molecule has 1 aromatic carbocycles. The minimum atomic E-state index is 0.00671. The van der Waals surface area contributed by atoms with E-state index in [0.29, 0.717) is 18.2 Å². The van der Waals surface area contributed by atoms with Crippen LogP contribution in [-0.4, -0.2) is 38.4 Å². The number of carbonyl (C=O) groups is 2. The first-order valence-electron chi connectivity index (χ1n) is 8.70. The van der Waals surface area contributed by atoms with Gasteiger partial charge in [0.2, 0.25) is 11.8 Å². The Bertz CT molecular complexity index is 859. The van der Waals surface area contributed by atoms with Gasteiger partial charge in [-0.25, -0.2) is 0 Å². The summed E-state index contributed by atoms with van der Waals surface area (Å²) in [6.45, 7) is 1.96. The van der Waals surface area contributed by atoms with Crippen LogP contribution in [0.5, 0.6) is 0 Å². The first-order valence-corrected chi connectivity index (χ1v) is 9.69. The molecule has 0 unspecified atom stereocenters. The second kappa shape index (κ2) is 6.75. The maximum Gasteiger partial charge on any atom is 0.237 e. The summed E-state index contributed by atoms with van der Waals surface area (Å²) in [4.78, 5) is 26.5. The van der Waals surface area contributed by atoms with Crippen LogP contribution in [0.4, 0.5) is 5.69 Å². The molecular formula is C18H21N5O2S. The van der Waals surface area contributed by atoms with Gasteiger partial charge in [-0.2, -0.15) is 0 Å². The van der Waals surface area contributed by atoms with E-state index in [0.717, 1.165) is 35.1 Å². The van der Waals surface area contributed by atoms with Gasteiger partial charge in [-0.15, -0.1) is 22.0 Å². The lowest BCUT2D eigenvalue weighted by molar-refractivity contribution is -0.120. The van der Waals surface area contributed by atoms with Crippen LogP contribution >= 0.6 is 11.8 Å². The smallest absolute Gasteiger partial charge is 0.237 e. The van der Waals surface area contributed by atoms with Gasteiger partial charge in [0, 0.05) is 30.8 Å². The van der Waals surface area contributed by atoms with Crippen LogP contribution < -0.4 is 10.2 Å². The number of nitrogens with zero attached hydrogens (tertiary/aromatic N) is 4. The molecule has 2 amide bonds. The van der Waals surface area contributed by atoms with Crippen LogP contribution in [0.2, 0.25) is 0 Å². The van der Waals surface area contributed by atoms with Crippen LogP contribution in [0, 0.1) is 0 Å². The molecule has 0 saturated heterocycles. The molecule has 1 fully saturated rings. The quantitative estimate of drug-likeness (QED) is 0.887. The van der Waals surface area contributed by atoms with E-state index in [-0.39, 0.29) is 17.9 Å². The summed E-state index contributed by atoms with van der Waals surface area (Å²) in [5, 5.41) is 11.6. The van der Waals surface area contributed by atoms with Gasteiger partial charge in [0.15, 0.2) is 5.82 Å². The summed E-state index contributed by atoms with van der Waals surface area (Å²) in [7, 11) is 1.95. The molecule has 1 saturated carbocycles. The average molecular weight is 371 g/mol. The number of para-hydroxylation sites is 1. The molecule has 2 aliphatic rings. The molecule has 136 valence electrons. The van der Waals surface area contributed by atoms with E-state index in [9.17, 15) is 9.59 Å². The highest BCUT2D eigenvalue weighted by atomic mass is 32.2. The minimum absolute atomic E-state index is 0.00671. The zero-order valence-electron chi connectivity index (χ0n) is 14.8. The lowest BCUT2D eigenvalue weighted by Gasteiger charge is -2.34. The summed E-state index contributed by atoms with van der Waals surface area (Å²) in [5.74, 6) is 2.55. The molecule has 7 nitrogen and oxygen atoms in total. The number of amides is 2. The van der Waals surface area contributed by atoms with Gasteiger partial charge >= 0.3 is 0 Å². The Kier molecular flexibility index (Phi) is 4.44. The Morgan fingerprint density at radius 1 is 1.31 bits per heavy atom. The van der Waals surface area contributed by atoms with Crippen molar-refractivity contribution < 1.29 is 9.59 Å². The number of carbonyl (C=O) groups excluding carboxylic acids is 2. The van der Waals surface area contributed by atoms with Gasteiger partial charge in [0.25, 0.3) is 0 Å². The van der Waals surface area contributed by atoms with E-state index < -0.39 is 0 Å². The maximum absolute atomic E-state index is 12.4. The fraction of sp³-hybridized carbons (Fsp3) is 0.444. The molecule has 1 aromatic heterocycles. The summed E-state index contributed by atoms with van der Waals surface area (Å²) in [6, 6.07) is 8.18. The molecule has 0 spiro atoms. The van der Waals surface area contributed by atoms with Gasteiger partial charge in [-0.1, -0.05) is 12.1 Å². The summed E-state index contributed by atoms with van der Waals surface area (Å²) in [6.07, 6.45) is 1.77. The van der Waals surface area contributed by atoms with Gasteiger partial charge in [0.05, 0.1) is 18.0 Å². The Balaban J connectivity index is 1.50. The number of aromatic nitrogens is 3. The largest absolute Gasteiger partial charge is 0.354 e. The van der Waals surface area contributed by atoms with Gasteiger partial charge in [0.1, 0.15) is 5.82 Å². The van der Waals surface area contributed by atoms with Gasteiger partial charge in [-0.05, 0) is 25.0 Å². The minimum Gasteiger partial charge on any atom is -0.354 e. The average Bonchev–Trinajstić information content (AvgIpc) is 2.93. The van der Waals surface area contributed by atoms with Crippen LogP contribution in [0.3, 0.4) is 0 Å². The van der Waals surface area contributed by atoms with Gasteiger partial charge < -0.3 is 14.8 Å². The molecule has 0 bridgehead atoms. The third-order valence-corrected chi connectivity index (χ3v) is 6.06. The van der Waals surface area contributed by atoms with Crippen molar-refractivity contribution in [1.29, 1.82) is 0 Å². The second-order valence-electron chi connectivity index (χ2n) is 6.84. The highest BCUT2D eigenvalue weighted by molar-refractivity contribution is 8.00.